The summed E-state index contributed by atoms with van der Waals surface area (Å²) < 4.78 is 14.9. The maximum Gasteiger partial charge on any atom is 0.172 e. The molecule has 7 aromatic carbocycles. The first-order valence-electron chi connectivity index (χ1n) is 14.8. The highest BCUT2D eigenvalue weighted by Gasteiger charge is 2.22. The van der Waals surface area contributed by atoms with Gasteiger partial charge in [0.1, 0.15) is 0 Å². The first-order chi connectivity index (χ1) is 21.8. The zero-order valence-corrected chi connectivity index (χ0v) is 23.7. The van der Waals surface area contributed by atoms with Crippen LogP contribution < -0.4 is 14.4 Å². The SMILES string of the molecule is c1ccc(-n2c3ccccc3c3cc(N(c4ccc5c(c4)Oc4ccccc4O5)c4ccc5ccccc5c4)ccc32)cc1. The van der Waals surface area contributed by atoms with Crippen LogP contribution in [0.1, 0.15) is 0 Å². The highest BCUT2D eigenvalue weighted by Crippen LogP contribution is 2.48. The molecule has 0 N–H and O–H groups in total. The van der Waals surface area contributed by atoms with E-state index < -0.39 is 0 Å². The summed E-state index contributed by atoms with van der Waals surface area (Å²) in [5, 5.41) is 4.80. The number of fused-ring (bicyclic) bond motifs is 6. The van der Waals surface area contributed by atoms with Gasteiger partial charge in [-0.05, 0) is 83.6 Å². The Bertz CT molecular complexity index is 2360. The molecule has 0 atom stereocenters. The second kappa shape index (κ2) is 9.79. The Balaban J connectivity index is 1.25. The number of rotatable bonds is 4. The second-order valence-electron chi connectivity index (χ2n) is 11.0. The van der Waals surface area contributed by atoms with Crippen molar-refractivity contribution in [2.24, 2.45) is 0 Å². The normalized spacial score (nSPS) is 12.0. The Morgan fingerprint density at radius 2 is 0.977 bits per heavy atom. The molecule has 1 aliphatic heterocycles. The average Bonchev–Trinajstić information content (AvgIpc) is 3.41. The van der Waals surface area contributed by atoms with Gasteiger partial charge < -0.3 is 18.9 Å². The third-order valence-electron chi connectivity index (χ3n) is 8.39. The molecule has 44 heavy (non-hydrogen) atoms. The molecule has 208 valence electrons. The largest absolute Gasteiger partial charge is 0.450 e. The summed E-state index contributed by atoms with van der Waals surface area (Å²) in [6.07, 6.45) is 0. The van der Waals surface area contributed by atoms with Gasteiger partial charge in [-0.2, -0.15) is 0 Å². The molecule has 0 aliphatic carbocycles. The van der Waals surface area contributed by atoms with Crippen molar-refractivity contribution >= 4 is 49.6 Å². The molecule has 8 aromatic rings. The number of aromatic nitrogens is 1. The predicted molar refractivity (Wildman–Crippen MR) is 180 cm³/mol. The summed E-state index contributed by atoms with van der Waals surface area (Å²) in [4.78, 5) is 2.30. The Morgan fingerprint density at radius 3 is 1.84 bits per heavy atom. The molecule has 2 heterocycles. The maximum absolute atomic E-state index is 6.34. The highest BCUT2D eigenvalue weighted by atomic mass is 16.6. The van der Waals surface area contributed by atoms with E-state index in [1.807, 2.05) is 30.3 Å². The minimum Gasteiger partial charge on any atom is -0.450 e. The van der Waals surface area contributed by atoms with E-state index in [9.17, 15) is 0 Å². The van der Waals surface area contributed by atoms with Crippen molar-refractivity contribution in [1.82, 2.24) is 4.57 Å². The molecular weight excluding hydrogens is 540 g/mol. The fourth-order valence-electron chi connectivity index (χ4n) is 6.37. The van der Waals surface area contributed by atoms with E-state index in [2.05, 4.69) is 137 Å². The van der Waals surface area contributed by atoms with E-state index in [1.54, 1.807) is 0 Å². The van der Waals surface area contributed by atoms with Crippen LogP contribution in [0.5, 0.6) is 23.0 Å². The summed E-state index contributed by atoms with van der Waals surface area (Å²) in [6, 6.07) is 55.0. The first kappa shape index (κ1) is 24.6. The van der Waals surface area contributed by atoms with E-state index in [1.165, 1.54) is 32.6 Å². The number of para-hydroxylation sites is 4. The summed E-state index contributed by atoms with van der Waals surface area (Å²) in [5.74, 6) is 2.82. The lowest BCUT2D eigenvalue weighted by Gasteiger charge is -2.28. The molecular formula is C40H26N2O2. The van der Waals surface area contributed by atoms with Gasteiger partial charge in [0.25, 0.3) is 0 Å². The number of benzene rings is 7. The molecule has 1 aliphatic rings. The zero-order chi connectivity index (χ0) is 29.0. The lowest BCUT2D eigenvalue weighted by atomic mass is 10.1. The van der Waals surface area contributed by atoms with Crippen LogP contribution in [0.25, 0.3) is 38.3 Å². The Morgan fingerprint density at radius 1 is 0.386 bits per heavy atom. The van der Waals surface area contributed by atoms with Crippen LogP contribution >= 0.6 is 0 Å². The van der Waals surface area contributed by atoms with Crippen LogP contribution in [0, 0.1) is 0 Å². The summed E-state index contributed by atoms with van der Waals surface area (Å²) in [5.41, 5.74) is 6.59. The molecule has 0 saturated heterocycles. The third kappa shape index (κ3) is 3.92. The van der Waals surface area contributed by atoms with Crippen LogP contribution in [0.4, 0.5) is 17.1 Å². The third-order valence-corrected chi connectivity index (χ3v) is 8.39. The van der Waals surface area contributed by atoms with Crippen LogP contribution in [-0.2, 0) is 0 Å². The van der Waals surface area contributed by atoms with Gasteiger partial charge in [0.2, 0.25) is 0 Å². The topological polar surface area (TPSA) is 26.6 Å². The van der Waals surface area contributed by atoms with E-state index in [4.69, 9.17) is 9.47 Å². The first-order valence-corrected chi connectivity index (χ1v) is 14.8. The van der Waals surface area contributed by atoms with Gasteiger partial charge in [0.15, 0.2) is 23.0 Å². The van der Waals surface area contributed by atoms with Crippen LogP contribution in [0.15, 0.2) is 158 Å². The van der Waals surface area contributed by atoms with Gasteiger partial charge in [0.05, 0.1) is 16.7 Å². The maximum atomic E-state index is 6.34. The van der Waals surface area contributed by atoms with Crippen molar-refractivity contribution in [3.05, 3.63) is 158 Å². The van der Waals surface area contributed by atoms with E-state index >= 15 is 0 Å². The van der Waals surface area contributed by atoms with Crippen molar-refractivity contribution in [2.45, 2.75) is 0 Å². The number of nitrogens with zero attached hydrogens (tertiary/aromatic N) is 2. The molecule has 0 unspecified atom stereocenters. The van der Waals surface area contributed by atoms with Crippen molar-refractivity contribution in [3.63, 3.8) is 0 Å². The molecule has 0 fully saturated rings. The second-order valence-corrected chi connectivity index (χ2v) is 11.0. The van der Waals surface area contributed by atoms with E-state index in [0.29, 0.717) is 17.2 Å². The minimum atomic E-state index is 0.689. The fourth-order valence-corrected chi connectivity index (χ4v) is 6.37. The van der Waals surface area contributed by atoms with Crippen molar-refractivity contribution in [1.29, 1.82) is 0 Å². The summed E-state index contributed by atoms with van der Waals surface area (Å²) in [7, 11) is 0. The molecule has 0 radical (unpaired) electrons. The quantitative estimate of drug-likeness (QED) is 0.212. The number of hydrogen-bond acceptors (Lipinski definition) is 3. The Labute approximate surface area is 254 Å². The average molecular weight is 567 g/mol. The monoisotopic (exact) mass is 566 g/mol. The standard InChI is InChI=1S/C40H26N2O2/c1-2-12-29(13-3-1)42-35-15-7-6-14-33(35)34-25-31(20-22-36(34)42)41(30-19-18-27-10-4-5-11-28(27)24-30)32-21-23-39-40(26-32)44-38-17-9-8-16-37(38)43-39/h1-26H. The van der Waals surface area contributed by atoms with Crippen molar-refractivity contribution in [2.75, 3.05) is 4.90 Å². The predicted octanol–water partition coefficient (Wildman–Crippen LogP) is 11.3. The summed E-state index contributed by atoms with van der Waals surface area (Å²) >= 11 is 0. The fraction of sp³-hybridized carbons (Fsp3) is 0. The lowest BCUT2D eigenvalue weighted by Crippen LogP contribution is -2.10. The lowest BCUT2D eigenvalue weighted by molar-refractivity contribution is 0.360. The summed E-state index contributed by atoms with van der Waals surface area (Å²) in [6.45, 7) is 0. The Hall–Kier alpha value is -6.00. The van der Waals surface area contributed by atoms with E-state index in [-0.39, 0.29) is 0 Å². The molecule has 9 rings (SSSR count). The smallest absolute Gasteiger partial charge is 0.172 e. The minimum absolute atomic E-state index is 0.689. The molecule has 0 amide bonds. The molecule has 0 spiro atoms. The molecule has 1 aromatic heterocycles. The van der Waals surface area contributed by atoms with Gasteiger partial charge in [-0.15, -0.1) is 0 Å². The molecule has 4 heteroatoms. The van der Waals surface area contributed by atoms with Crippen molar-refractivity contribution in [3.8, 4) is 28.7 Å². The van der Waals surface area contributed by atoms with Gasteiger partial charge >= 0.3 is 0 Å². The van der Waals surface area contributed by atoms with E-state index in [0.717, 1.165) is 28.5 Å². The van der Waals surface area contributed by atoms with Gasteiger partial charge in [-0.25, -0.2) is 0 Å². The highest BCUT2D eigenvalue weighted by molar-refractivity contribution is 6.10. The van der Waals surface area contributed by atoms with Crippen LogP contribution in [0.2, 0.25) is 0 Å². The number of hydrogen-bond donors (Lipinski definition) is 0. The number of ether oxygens (including phenoxy) is 2. The molecule has 4 nitrogen and oxygen atoms in total. The number of anilines is 3. The Kier molecular flexibility index (Phi) is 5.47. The molecule has 0 bridgehead atoms. The van der Waals surface area contributed by atoms with Crippen LogP contribution in [0.3, 0.4) is 0 Å². The van der Waals surface area contributed by atoms with Gasteiger partial charge in [-0.1, -0.05) is 78.9 Å². The van der Waals surface area contributed by atoms with Crippen LogP contribution in [-0.4, -0.2) is 4.57 Å². The molecule has 0 saturated carbocycles. The zero-order valence-electron chi connectivity index (χ0n) is 23.7. The van der Waals surface area contributed by atoms with Crippen molar-refractivity contribution < 1.29 is 9.47 Å². The van der Waals surface area contributed by atoms with Gasteiger partial charge in [0, 0.05) is 33.9 Å². The van der Waals surface area contributed by atoms with Gasteiger partial charge in [-0.3, -0.25) is 0 Å².